The van der Waals surface area contributed by atoms with Gasteiger partial charge in [-0.1, -0.05) is 12.1 Å². The molecule has 1 aromatic carbocycles. The number of rotatable bonds is 4. The van der Waals surface area contributed by atoms with Gasteiger partial charge in [-0.3, -0.25) is 0 Å². The number of nitrogen functional groups attached to an aromatic ring is 1. The third-order valence-electron chi connectivity index (χ3n) is 2.51. The molecule has 4 nitrogen and oxygen atoms in total. The van der Waals surface area contributed by atoms with E-state index in [0.717, 1.165) is 11.3 Å². The molecule has 0 saturated heterocycles. The second-order valence-corrected chi connectivity index (χ2v) is 6.32. The molecule has 0 atom stereocenters. The molecule has 0 radical (unpaired) electrons. The molecule has 0 unspecified atom stereocenters. The smallest absolute Gasteiger partial charge is 0.149 e. The maximum Gasteiger partial charge on any atom is 0.149 e. The van der Waals surface area contributed by atoms with Crippen LogP contribution in [0.4, 0.5) is 11.4 Å². The first kappa shape index (κ1) is 12.8. The van der Waals surface area contributed by atoms with E-state index in [-0.39, 0.29) is 5.75 Å². The first-order valence-electron chi connectivity index (χ1n) is 5.05. The third kappa shape index (κ3) is 3.41. The van der Waals surface area contributed by atoms with E-state index in [1.807, 2.05) is 37.1 Å². The van der Waals surface area contributed by atoms with Crippen LogP contribution in [0.25, 0.3) is 0 Å². The van der Waals surface area contributed by atoms with Crippen molar-refractivity contribution in [3.05, 3.63) is 23.8 Å². The third-order valence-corrected chi connectivity index (χ3v) is 3.43. The number of aryl methyl sites for hydroxylation is 1. The van der Waals surface area contributed by atoms with Crippen LogP contribution in [-0.4, -0.2) is 34.0 Å². The van der Waals surface area contributed by atoms with E-state index in [0.29, 0.717) is 12.2 Å². The minimum absolute atomic E-state index is 0.136. The number of hydrogen-bond donors (Lipinski definition) is 1. The standard InChI is InChI=1S/C11H18N2O2S/c1-9-5-4-6-10(11(9)12)13(2)7-8-16(3,14)15/h4-6H,7-8,12H2,1-3H3. The molecule has 90 valence electrons. The van der Waals surface area contributed by atoms with Gasteiger partial charge in [-0.2, -0.15) is 0 Å². The summed E-state index contributed by atoms with van der Waals surface area (Å²) < 4.78 is 22.1. The fourth-order valence-corrected chi connectivity index (χ4v) is 2.03. The number of sulfone groups is 1. The Morgan fingerprint density at radius 1 is 1.38 bits per heavy atom. The lowest BCUT2D eigenvalue weighted by Gasteiger charge is -2.21. The highest BCUT2D eigenvalue weighted by atomic mass is 32.2. The fraction of sp³-hybridized carbons (Fsp3) is 0.455. The molecule has 0 aromatic heterocycles. The summed E-state index contributed by atoms with van der Waals surface area (Å²) in [5.74, 6) is 0.136. The van der Waals surface area contributed by atoms with Gasteiger partial charge in [-0.25, -0.2) is 8.42 Å². The molecule has 0 amide bonds. The number of anilines is 2. The lowest BCUT2D eigenvalue weighted by molar-refractivity contribution is 0.601. The van der Waals surface area contributed by atoms with Crippen molar-refractivity contribution in [2.24, 2.45) is 0 Å². The van der Waals surface area contributed by atoms with Gasteiger partial charge in [0, 0.05) is 19.8 Å². The van der Waals surface area contributed by atoms with Crippen LogP contribution in [-0.2, 0) is 9.84 Å². The normalized spacial score (nSPS) is 11.4. The van der Waals surface area contributed by atoms with Crippen LogP contribution < -0.4 is 10.6 Å². The Morgan fingerprint density at radius 2 is 2.00 bits per heavy atom. The number of para-hydroxylation sites is 1. The topological polar surface area (TPSA) is 63.4 Å². The molecule has 0 saturated carbocycles. The van der Waals surface area contributed by atoms with Crippen LogP contribution >= 0.6 is 0 Å². The van der Waals surface area contributed by atoms with E-state index in [4.69, 9.17) is 5.73 Å². The molecule has 16 heavy (non-hydrogen) atoms. The van der Waals surface area contributed by atoms with Crippen LogP contribution in [0.3, 0.4) is 0 Å². The molecule has 1 rings (SSSR count). The van der Waals surface area contributed by atoms with Crippen molar-refractivity contribution >= 4 is 21.2 Å². The van der Waals surface area contributed by atoms with E-state index < -0.39 is 9.84 Å². The molecular weight excluding hydrogens is 224 g/mol. The minimum Gasteiger partial charge on any atom is -0.397 e. The van der Waals surface area contributed by atoms with E-state index in [9.17, 15) is 8.42 Å². The van der Waals surface area contributed by atoms with Crippen molar-refractivity contribution < 1.29 is 8.42 Å². The number of nitrogens with two attached hydrogens (primary N) is 1. The Hall–Kier alpha value is -1.23. The van der Waals surface area contributed by atoms with Crippen molar-refractivity contribution in [1.29, 1.82) is 0 Å². The number of benzene rings is 1. The molecule has 0 bridgehead atoms. The van der Waals surface area contributed by atoms with Crippen molar-refractivity contribution in [3.8, 4) is 0 Å². The summed E-state index contributed by atoms with van der Waals surface area (Å²) in [5.41, 5.74) is 8.52. The lowest BCUT2D eigenvalue weighted by atomic mass is 10.1. The van der Waals surface area contributed by atoms with Crippen LogP contribution in [0, 0.1) is 6.92 Å². The Labute approximate surface area is 97.0 Å². The zero-order chi connectivity index (χ0) is 12.3. The summed E-state index contributed by atoms with van der Waals surface area (Å²) in [6.45, 7) is 2.38. The summed E-state index contributed by atoms with van der Waals surface area (Å²) >= 11 is 0. The van der Waals surface area contributed by atoms with E-state index in [1.165, 1.54) is 6.26 Å². The van der Waals surface area contributed by atoms with Crippen LogP contribution in [0.5, 0.6) is 0 Å². The Balaban J connectivity index is 2.81. The number of hydrogen-bond acceptors (Lipinski definition) is 4. The SMILES string of the molecule is Cc1cccc(N(C)CCS(C)(=O)=O)c1N. The quantitative estimate of drug-likeness (QED) is 0.802. The van der Waals surface area contributed by atoms with Gasteiger partial charge >= 0.3 is 0 Å². The minimum atomic E-state index is -2.93. The van der Waals surface area contributed by atoms with E-state index >= 15 is 0 Å². The molecule has 0 aliphatic rings. The van der Waals surface area contributed by atoms with Gasteiger partial charge in [0.25, 0.3) is 0 Å². The van der Waals surface area contributed by atoms with Gasteiger partial charge in [0.15, 0.2) is 0 Å². The molecule has 1 aromatic rings. The van der Waals surface area contributed by atoms with Gasteiger partial charge in [0.2, 0.25) is 0 Å². The summed E-state index contributed by atoms with van der Waals surface area (Å²) in [7, 11) is -1.09. The Morgan fingerprint density at radius 3 is 2.56 bits per heavy atom. The van der Waals surface area contributed by atoms with Crippen molar-refractivity contribution in [1.82, 2.24) is 0 Å². The zero-order valence-corrected chi connectivity index (χ0v) is 10.7. The monoisotopic (exact) mass is 242 g/mol. The summed E-state index contributed by atoms with van der Waals surface area (Å²) in [6, 6.07) is 5.74. The van der Waals surface area contributed by atoms with E-state index in [2.05, 4.69) is 0 Å². The highest BCUT2D eigenvalue weighted by molar-refractivity contribution is 7.90. The molecule has 0 fully saturated rings. The van der Waals surface area contributed by atoms with Gasteiger partial charge in [0.1, 0.15) is 9.84 Å². The average molecular weight is 242 g/mol. The zero-order valence-electron chi connectivity index (χ0n) is 9.90. The highest BCUT2D eigenvalue weighted by Crippen LogP contribution is 2.24. The molecule has 2 N–H and O–H groups in total. The van der Waals surface area contributed by atoms with Crippen molar-refractivity contribution in [3.63, 3.8) is 0 Å². The maximum atomic E-state index is 11.1. The molecular formula is C11H18N2O2S. The highest BCUT2D eigenvalue weighted by Gasteiger charge is 2.09. The largest absolute Gasteiger partial charge is 0.397 e. The lowest BCUT2D eigenvalue weighted by Crippen LogP contribution is -2.25. The van der Waals surface area contributed by atoms with Gasteiger partial charge in [0.05, 0.1) is 17.1 Å². The van der Waals surface area contributed by atoms with Gasteiger partial charge < -0.3 is 10.6 Å². The maximum absolute atomic E-state index is 11.1. The summed E-state index contributed by atoms with van der Waals surface area (Å²) in [6.07, 6.45) is 1.24. The fourth-order valence-electron chi connectivity index (χ4n) is 1.42. The molecule has 0 aliphatic carbocycles. The predicted octanol–water partition coefficient (Wildman–Crippen LogP) is 1.06. The average Bonchev–Trinajstić information content (AvgIpc) is 2.17. The molecule has 0 heterocycles. The van der Waals surface area contributed by atoms with Crippen molar-refractivity contribution in [2.45, 2.75) is 6.92 Å². The summed E-state index contributed by atoms with van der Waals surface area (Å²) in [4.78, 5) is 1.86. The Kier molecular flexibility index (Phi) is 3.80. The van der Waals surface area contributed by atoms with Crippen LogP contribution in [0.1, 0.15) is 5.56 Å². The van der Waals surface area contributed by atoms with Crippen LogP contribution in [0.15, 0.2) is 18.2 Å². The molecule has 0 aliphatic heterocycles. The second-order valence-electron chi connectivity index (χ2n) is 4.06. The van der Waals surface area contributed by atoms with Gasteiger partial charge in [-0.05, 0) is 18.6 Å². The predicted molar refractivity (Wildman–Crippen MR) is 68.6 cm³/mol. The first-order chi connectivity index (χ1) is 7.31. The number of nitrogens with zero attached hydrogens (tertiary/aromatic N) is 1. The summed E-state index contributed by atoms with van der Waals surface area (Å²) in [5, 5.41) is 0. The molecule has 5 heteroatoms. The van der Waals surface area contributed by atoms with Crippen molar-refractivity contribution in [2.75, 3.05) is 36.2 Å². The Bertz CT molecular complexity index is 469. The first-order valence-corrected chi connectivity index (χ1v) is 7.11. The van der Waals surface area contributed by atoms with Gasteiger partial charge in [-0.15, -0.1) is 0 Å². The molecule has 0 spiro atoms. The van der Waals surface area contributed by atoms with Crippen LogP contribution in [0.2, 0.25) is 0 Å². The van der Waals surface area contributed by atoms with E-state index in [1.54, 1.807) is 0 Å². The second kappa shape index (κ2) is 4.74.